The van der Waals surface area contributed by atoms with E-state index >= 15 is 0 Å². The van der Waals surface area contributed by atoms with Crippen LogP contribution in [0.25, 0.3) is 0 Å². The highest BCUT2D eigenvalue weighted by molar-refractivity contribution is 4.89. The topological polar surface area (TPSA) is 15.3 Å². The van der Waals surface area contributed by atoms with Gasteiger partial charge in [-0.2, -0.15) is 0 Å². The zero-order chi connectivity index (χ0) is 15.5. The molecule has 4 fully saturated rings. The molecule has 2 nitrogen and oxygen atoms in total. The van der Waals surface area contributed by atoms with Crippen molar-refractivity contribution in [3.63, 3.8) is 0 Å². The van der Waals surface area contributed by atoms with Crippen LogP contribution in [-0.4, -0.2) is 37.1 Å². The van der Waals surface area contributed by atoms with E-state index in [2.05, 4.69) is 10.2 Å². The molecule has 1 aliphatic heterocycles. The van der Waals surface area contributed by atoms with E-state index in [-0.39, 0.29) is 0 Å². The number of nitrogens with one attached hydrogen (secondary N) is 1. The molecule has 0 aromatic carbocycles. The lowest BCUT2D eigenvalue weighted by molar-refractivity contribution is 0.0943. The quantitative estimate of drug-likeness (QED) is 0.746. The molecule has 0 radical (unpaired) electrons. The number of rotatable bonds is 7. The van der Waals surface area contributed by atoms with Crippen molar-refractivity contribution >= 4 is 0 Å². The Morgan fingerprint density at radius 2 is 1.48 bits per heavy atom. The van der Waals surface area contributed by atoms with Crippen LogP contribution in [0.5, 0.6) is 0 Å². The second-order valence-corrected chi connectivity index (χ2v) is 9.41. The summed E-state index contributed by atoms with van der Waals surface area (Å²) in [5.74, 6) is 4.10. The summed E-state index contributed by atoms with van der Waals surface area (Å²) < 4.78 is 0. The standard InChI is InChI=1S/C21H38N2/c1-2-5-18(6-3-1)13-22-21-12-20(11-17-9-10-17)15-23(16-21)14-19-7-4-8-19/h17-22H,1-16H2. The Bertz CT molecular complexity index is 355. The van der Waals surface area contributed by atoms with Gasteiger partial charge in [0.25, 0.3) is 0 Å². The van der Waals surface area contributed by atoms with Gasteiger partial charge in [0.2, 0.25) is 0 Å². The number of piperidine rings is 1. The van der Waals surface area contributed by atoms with Crippen LogP contribution in [0.15, 0.2) is 0 Å². The third-order valence-electron chi connectivity index (χ3n) is 7.14. The van der Waals surface area contributed by atoms with Gasteiger partial charge >= 0.3 is 0 Å². The molecule has 0 amide bonds. The Labute approximate surface area is 143 Å². The molecule has 4 rings (SSSR count). The monoisotopic (exact) mass is 318 g/mol. The Balaban J connectivity index is 1.26. The third-order valence-corrected chi connectivity index (χ3v) is 7.14. The average molecular weight is 319 g/mol. The zero-order valence-corrected chi connectivity index (χ0v) is 15.1. The van der Waals surface area contributed by atoms with Gasteiger partial charge in [-0.3, -0.25) is 0 Å². The average Bonchev–Trinajstić information content (AvgIpc) is 3.34. The molecule has 2 heteroatoms. The van der Waals surface area contributed by atoms with Crippen molar-refractivity contribution in [1.82, 2.24) is 10.2 Å². The molecule has 0 aromatic heterocycles. The molecule has 1 N–H and O–H groups in total. The summed E-state index contributed by atoms with van der Waals surface area (Å²) in [6, 6.07) is 0.787. The highest BCUT2D eigenvalue weighted by Crippen LogP contribution is 2.38. The molecule has 132 valence electrons. The summed E-state index contributed by atoms with van der Waals surface area (Å²) in [4.78, 5) is 2.85. The first-order chi connectivity index (χ1) is 11.3. The molecular weight excluding hydrogens is 280 g/mol. The maximum atomic E-state index is 4.01. The lowest BCUT2D eigenvalue weighted by Crippen LogP contribution is -2.51. The van der Waals surface area contributed by atoms with Gasteiger partial charge in [0.05, 0.1) is 0 Å². The second-order valence-electron chi connectivity index (χ2n) is 9.41. The smallest absolute Gasteiger partial charge is 0.0198 e. The number of hydrogen-bond donors (Lipinski definition) is 1. The molecule has 1 heterocycles. The molecule has 1 saturated heterocycles. The first kappa shape index (κ1) is 16.4. The highest BCUT2D eigenvalue weighted by atomic mass is 15.2. The Morgan fingerprint density at radius 1 is 0.696 bits per heavy atom. The van der Waals surface area contributed by atoms with Crippen molar-refractivity contribution < 1.29 is 0 Å². The lowest BCUT2D eigenvalue weighted by Gasteiger charge is -2.42. The SMILES string of the molecule is C1CCC(CNC2CC(CC3CC3)CN(CC3CCC3)C2)CC1. The minimum absolute atomic E-state index is 0.787. The number of nitrogens with zero attached hydrogens (tertiary/aromatic N) is 1. The van der Waals surface area contributed by atoms with E-state index in [0.717, 1.165) is 29.7 Å². The van der Waals surface area contributed by atoms with Crippen LogP contribution in [0, 0.1) is 23.7 Å². The molecule has 23 heavy (non-hydrogen) atoms. The van der Waals surface area contributed by atoms with Crippen molar-refractivity contribution in [2.24, 2.45) is 23.7 Å². The van der Waals surface area contributed by atoms with Crippen LogP contribution >= 0.6 is 0 Å². The van der Waals surface area contributed by atoms with E-state index in [1.165, 1.54) is 103 Å². The fraction of sp³-hybridized carbons (Fsp3) is 1.00. The van der Waals surface area contributed by atoms with Gasteiger partial charge in [0.15, 0.2) is 0 Å². The minimum Gasteiger partial charge on any atom is -0.312 e. The first-order valence-electron chi connectivity index (χ1n) is 10.8. The summed E-state index contributed by atoms with van der Waals surface area (Å²) in [5.41, 5.74) is 0. The van der Waals surface area contributed by atoms with Gasteiger partial charge < -0.3 is 10.2 Å². The maximum Gasteiger partial charge on any atom is 0.0198 e. The fourth-order valence-corrected chi connectivity index (χ4v) is 5.36. The molecule has 3 saturated carbocycles. The van der Waals surface area contributed by atoms with Gasteiger partial charge in [0, 0.05) is 25.7 Å². The molecule has 0 aromatic rings. The van der Waals surface area contributed by atoms with Crippen molar-refractivity contribution in [1.29, 1.82) is 0 Å². The zero-order valence-electron chi connectivity index (χ0n) is 15.1. The number of likely N-dealkylation sites (tertiary alicyclic amines) is 1. The summed E-state index contributed by atoms with van der Waals surface area (Å²) in [6.07, 6.45) is 18.0. The molecule has 0 bridgehead atoms. The van der Waals surface area contributed by atoms with Gasteiger partial charge in [-0.25, -0.2) is 0 Å². The predicted molar refractivity (Wildman–Crippen MR) is 97.6 cm³/mol. The van der Waals surface area contributed by atoms with E-state index in [4.69, 9.17) is 0 Å². The van der Waals surface area contributed by atoms with Gasteiger partial charge in [0.1, 0.15) is 0 Å². The van der Waals surface area contributed by atoms with Crippen LogP contribution in [0.4, 0.5) is 0 Å². The Kier molecular flexibility index (Phi) is 5.61. The Hall–Kier alpha value is -0.0800. The van der Waals surface area contributed by atoms with Crippen LogP contribution in [0.1, 0.15) is 77.0 Å². The van der Waals surface area contributed by atoms with E-state index < -0.39 is 0 Å². The van der Waals surface area contributed by atoms with E-state index in [1.807, 2.05) is 0 Å². The molecule has 2 unspecified atom stereocenters. The van der Waals surface area contributed by atoms with Gasteiger partial charge in [-0.1, -0.05) is 38.5 Å². The van der Waals surface area contributed by atoms with Crippen LogP contribution in [0.2, 0.25) is 0 Å². The normalized spacial score (nSPS) is 34.4. The summed E-state index contributed by atoms with van der Waals surface area (Å²) in [6.45, 7) is 5.46. The van der Waals surface area contributed by atoms with Crippen molar-refractivity contribution in [2.75, 3.05) is 26.2 Å². The summed E-state index contributed by atoms with van der Waals surface area (Å²) >= 11 is 0. The van der Waals surface area contributed by atoms with E-state index in [9.17, 15) is 0 Å². The van der Waals surface area contributed by atoms with Crippen LogP contribution in [-0.2, 0) is 0 Å². The lowest BCUT2D eigenvalue weighted by atomic mass is 9.83. The maximum absolute atomic E-state index is 4.01. The molecule has 4 aliphatic rings. The van der Waals surface area contributed by atoms with E-state index in [1.54, 1.807) is 0 Å². The molecule has 0 spiro atoms. The van der Waals surface area contributed by atoms with Crippen LogP contribution < -0.4 is 5.32 Å². The largest absolute Gasteiger partial charge is 0.312 e. The Morgan fingerprint density at radius 3 is 2.17 bits per heavy atom. The molecule has 3 aliphatic carbocycles. The third kappa shape index (κ3) is 4.95. The fourth-order valence-electron chi connectivity index (χ4n) is 5.36. The first-order valence-corrected chi connectivity index (χ1v) is 10.8. The summed E-state index contributed by atoms with van der Waals surface area (Å²) in [5, 5.41) is 4.01. The van der Waals surface area contributed by atoms with Gasteiger partial charge in [-0.15, -0.1) is 0 Å². The summed E-state index contributed by atoms with van der Waals surface area (Å²) in [7, 11) is 0. The number of hydrogen-bond acceptors (Lipinski definition) is 2. The van der Waals surface area contributed by atoms with Crippen molar-refractivity contribution in [2.45, 2.75) is 83.1 Å². The minimum atomic E-state index is 0.787. The molecular formula is C21H38N2. The molecule has 2 atom stereocenters. The van der Waals surface area contributed by atoms with E-state index in [0.29, 0.717) is 0 Å². The van der Waals surface area contributed by atoms with Crippen molar-refractivity contribution in [3.8, 4) is 0 Å². The predicted octanol–water partition coefficient (Wildman–Crippen LogP) is 4.45. The van der Waals surface area contributed by atoms with Gasteiger partial charge in [-0.05, 0) is 68.7 Å². The van der Waals surface area contributed by atoms with Crippen molar-refractivity contribution in [3.05, 3.63) is 0 Å². The highest BCUT2D eigenvalue weighted by Gasteiger charge is 2.33. The van der Waals surface area contributed by atoms with Crippen LogP contribution in [0.3, 0.4) is 0 Å². The second kappa shape index (κ2) is 7.87.